The maximum absolute atomic E-state index is 12.9. The predicted molar refractivity (Wildman–Crippen MR) is 140 cm³/mol. The van der Waals surface area contributed by atoms with Crippen LogP contribution >= 0.6 is 0 Å². The van der Waals surface area contributed by atoms with Gasteiger partial charge in [-0.2, -0.15) is 0 Å². The summed E-state index contributed by atoms with van der Waals surface area (Å²) < 4.78 is 11.6. The molecule has 0 saturated carbocycles. The standard InChI is InChI=1S/C29H31N3O3/c1-34-26-14-6-5-13-25(26)32-19-17-31(18-20-32)16-8-15-30-29(33)24-12-7-11-23-21-27(35-28(23)24)22-9-3-2-4-10-22/h2-7,9-14,21H,8,15-20H2,1H3,(H,30,33). The molecule has 1 fully saturated rings. The van der Waals surface area contributed by atoms with Gasteiger partial charge in [0.2, 0.25) is 0 Å². The molecule has 2 heterocycles. The van der Waals surface area contributed by atoms with E-state index in [1.165, 1.54) is 0 Å². The second-order valence-corrected chi connectivity index (χ2v) is 8.81. The molecule has 1 saturated heterocycles. The minimum absolute atomic E-state index is 0.0921. The number of para-hydroxylation sites is 3. The number of anilines is 1. The third-order valence-electron chi connectivity index (χ3n) is 6.58. The minimum atomic E-state index is -0.0921. The van der Waals surface area contributed by atoms with Crippen LogP contribution in [-0.2, 0) is 0 Å². The van der Waals surface area contributed by atoms with Crippen LogP contribution in [0.2, 0.25) is 0 Å². The number of benzene rings is 3. The Morgan fingerprint density at radius 1 is 0.943 bits per heavy atom. The zero-order valence-electron chi connectivity index (χ0n) is 20.1. The van der Waals surface area contributed by atoms with Crippen LogP contribution < -0.4 is 15.0 Å². The number of furan rings is 1. The number of ether oxygens (including phenoxy) is 1. The Hall–Kier alpha value is -3.77. The molecule has 1 aliphatic rings. The normalized spacial score (nSPS) is 14.3. The fourth-order valence-corrected chi connectivity index (χ4v) is 4.69. The van der Waals surface area contributed by atoms with E-state index in [4.69, 9.17) is 9.15 Å². The van der Waals surface area contributed by atoms with Crippen LogP contribution in [0, 0.1) is 0 Å². The van der Waals surface area contributed by atoms with Crippen LogP contribution in [0.5, 0.6) is 5.75 Å². The Labute approximate surface area is 206 Å². The number of hydrogen-bond acceptors (Lipinski definition) is 5. The van der Waals surface area contributed by atoms with Gasteiger partial charge in [-0.3, -0.25) is 9.69 Å². The van der Waals surface area contributed by atoms with Gasteiger partial charge in [-0.05, 0) is 37.2 Å². The van der Waals surface area contributed by atoms with Crippen molar-refractivity contribution >= 4 is 22.6 Å². The van der Waals surface area contributed by atoms with E-state index < -0.39 is 0 Å². The topological polar surface area (TPSA) is 58.0 Å². The van der Waals surface area contributed by atoms with Crippen molar-refractivity contribution in [3.63, 3.8) is 0 Å². The van der Waals surface area contributed by atoms with Gasteiger partial charge in [0.15, 0.2) is 0 Å². The lowest BCUT2D eigenvalue weighted by molar-refractivity contribution is 0.0952. The molecule has 6 heteroatoms. The number of piperazine rings is 1. The number of methoxy groups -OCH3 is 1. The predicted octanol–water partition coefficient (Wildman–Crippen LogP) is 5.05. The van der Waals surface area contributed by atoms with Gasteiger partial charge in [0.05, 0.1) is 18.4 Å². The van der Waals surface area contributed by atoms with Crippen molar-refractivity contribution in [2.75, 3.05) is 51.3 Å². The second-order valence-electron chi connectivity index (χ2n) is 8.81. The fourth-order valence-electron chi connectivity index (χ4n) is 4.69. The van der Waals surface area contributed by atoms with Gasteiger partial charge >= 0.3 is 0 Å². The van der Waals surface area contributed by atoms with Crippen molar-refractivity contribution in [1.82, 2.24) is 10.2 Å². The van der Waals surface area contributed by atoms with Crippen LogP contribution in [0.3, 0.4) is 0 Å². The summed E-state index contributed by atoms with van der Waals surface area (Å²) in [5.74, 6) is 1.60. The Balaban J connectivity index is 1.12. The van der Waals surface area contributed by atoms with E-state index in [9.17, 15) is 4.79 Å². The van der Waals surface area contributed by atoms with Crippen molar-refractivity contribution in [3.05, 3.63) is 84.4 Å². The number of carbonyl (C=O) groups is 1. The minimum Gasteiger partial charge on any atom is -0.495 e. The van der Waals surface area contributed by atoms with E-state index in [1.807, 2.05) is 66.7 Å². The number of nitrogens with one attached hydrogen (secondary N) is 1. The molecule has 0 spiro atoms. The number of nitrogens with zero attached hydrogens (tertiary/aromatic N) is 2. The Morgan fingerprint density at radius 2 is 1.71 bits per heavy atom. The van der Waals surface area contributed by atoms with Gasteiger partial charge in [0.1, 0.15) is 17.1 Å². The summed E-state index contributed by atoms with van der Waals surface area (Å²) in [6.07, 6.45) is 0.907. The highest BCUT2D eigenvalue weighted by Gasteiger charge is 2.19. The lowest BCUT2D eigenvalue weighted by Crippen LogP contribution is -2.47. The molecule has 1 N–H and O–H groups in total. The van der Waals surface area contributed by atoms with E-state index in [2.05, 4.69) is 27.2 Å². The summed E-state index contributed by atoms with van der Waals surface area (Å²) in [5.41, 5.74) is 3.37. The maximum atomic E-state index is 12.9. The van der Waals surface area contributed by atoms with Gasteiger partial charge < -0.3 is 19.4 Å². The summed E-state index contributed by atoms with van der Waals surface area (Å²) in [7, 11) is 1.72. The van der Waals surface area contributed by atoms with E-state index in [0.717, 1.165) is 67.3 Å². The molecule has 0 unspecified atom stereocenters. The maximum Gasteiger partial charge on any atom is 0.255 e. The first-order valence-corrected chi connectivity index (χ1v) is 12.2. The molecule has 180 valence electrons. The number of amides is 1. The largest absolute Gasteiger partial charge is 0.495 e. The average Bonchev–Trinajstić information content (AvgIpc) is 3.36. The molecular weight excluding hydrogens is 438 g/mol. The van der Waals surface area contributed by atoms with Gasteiger partial charge in [-0.25, -0.2) is 0 Å². The Bertz CT molecular complexity index is 1280. The molecule has 6 nitrogen and oxygen atoms in total. The van der Waals surface area contributed by atoms with Crippen LogP contribution in [0.1, 0.15) is 16.8 Å². The van der Waals surface area contributed by atoms with E-state index in [-0.39, 0.29) is 5.91 Å². The molecule has 35 heavy (non-hydrogen) atoms. The molecule has 5 rings (SSSR count). The number of carbonyl (C=O) groups excluding carboxylic acids is 1. The number of fused-ring (bicyclic) bond motifs is 1. The monoisotopic (exact) mass is 469 g/mol. The molecule has 1 aromatic heterocycles. The molecule has 0 aliphatic carbocycles. The van der Waals surface area contributed by atoms with Crippen molar-refractivity contribution in [3.8, 4) is 17.1 Å². The summed E-state index contributed by atoms with van der Waals surface area (Å²) in [6.45, 7) is 5.53. The summed E-state index contributed by atoms with van der Waals surface area (Å²) in [6, 6.07) is 25.8. The lowest BCUT2D eigenvalue weighted by Gasteiger charge is -2.36. The number of rotatable bonds is 8. The first kappa shape index (κ1) is 23.0. The summed E-state index contributed by atoms with van der Waals surface area (Å²) >= 11 is 0. The van der Waals surface area contributed by atoms with E-state index in [0.29, 0.717) is 17.7 Å². The van der Waals surface area contributed by atoms with Crippen LogP contribution in [0.15, 0.2) is 83.3 Å². The Kier molecular flexibility index (Phi) is 7.00. The zero-order valence-corrected chi connectivity index (χ0v) is 20.1. The SMILES string of the molecule is COc1ccccc1N1CCN(CCCNC(=O)c2cccc3cc(-c4ccccc4)oc23)CC1. The summed E-state index contributed by atoms with van der Waals surface area (Å²) in [5, 5.41) is 4.01. The molecule has 4 aromatic rings. The van der Waals surface area contributed by atoms with Gasteiger partial charge in [0, 0.05) is 43.7 Å². The van der Waals surface area contributed by atoms with Crippen LogP contribution in [0.4, 0.5) is 5.69 Å². The number of hydrogen-bond donors (Lipinski definition) is 1. The molecule has 3 aromatic carbocycles. The second kappa shape index (κ2) is 10.7. The van der Waals surface area contributed by atoms with E-state index in [1.54, 1.807) is 7.11 Å². The van der Waals surface area contributed by atoms with Crippen molar-refractivity contribution in [1.29, 1.82) is 0 Å². The lowest BCUT2D eigenvalue weighted by atomic mass is 10.1. The molecule has 1 aliphatic heterocycles. The highest BCUT2D eigenvalue weighted by atomic mass is 16.5. The first-order valence-electron chi connectivity index (χ1n) is 12.2. The van der Waals surface area contributed by atoms with Crippen molar-refractivity contribution in [2.24, 2.45) is 0 Å². The van der Waals surface area contributed by atoms with Crippen LogP contribution in [0.25, 0.3) is 22.3 Å². The van der Waals surface area contributed by atoms with E-state index >= 15 is 0 Å². The van der Waals surface area contributed by atoms with Gasteiger partial charge in [-0.1, -0.05) is 54.6 Å². The van der Waals surface area contributed by atoms with Crippen molar-refractivity contribution < 1.29 is 13.9 Å². The first-order chi connectivity index (χ1) is 17.2. The quantitative estimate of drug-likeness (QED) is 0.366. The highest BCUT2D eigenvalue weighted by Crippen LogP contribution is 2.30. The van der Waals surface area contributed by atoms with Gasteiger partial charge in [0.25, 0.3) is 5.91 Å². The molecule has 0 atom stereocenters. The molecule has 1 amide bonds. The highest BCUT2D eigenvalue weighted by molar-refractivity contribution is 6.05. The zero-order chi connectivity index (χ0) is 24.0. The molecule has 0 bridgehead atoms. The third-order valence-corrected chi connectivity index (χ3v) is 6.58. The summed E-state index contributed by atoms with van der Waals surface area (Å²) in [4.78, 5) is 17.7. The van der Waals surface area contributed by atoms with Crippen molar-refractivity contribution in [2.45, 2.75) is 6.42 Å². The fraction of sp³-hybridized carbons (Fsp3) is 0.276. The molecular formula is C29H31N3O3. The molecule has 0 radical (unpaired) electrons. The smallest absolute Gasteiger partial charge is 0.255 e. The average molecular weight is 470 g/mol. The Morgan fingerprint density at radius 3 is 2.51 bits per heavy atom. The van der Waals surface area contributed by atoms with Gasteiger partial charge in [-0.15, -0.1) is 0 Å². The van der Waals surface area contributed by atoms with Crippen LogP contribution in [-0.4, -0.2) is 57.2 Å². The third kappa shape index (κ3) is 5.17.